The van der Waals surface area contributed by atoms with Crippen molar-refractivity contribution in [2.75, 3.05) is 30.9 Å². The zero-order valence-corrected chi connectivity index (χ0v) is 20.4. The second-order valence-corrected chi connectivity index (χ2v) is 9.82. The molecule has 1 heterocycles. The number of hydrogen-bond donors (Lipinski definition) is 3. The maximum Gasteiger partial charge on any atom is 0.315 e. The molecule has 0 saturated heterocycles. The van der Waals surface area contributed by atoms with Crippen LogP contribution in [0.2, 0.25) is 5.02 Å². The van der Waals surface area contributed by atoms with E-state index in [-0.39, 0.29) is 6.03 Å². The Bertz CT molecular complexity index is 958. The summed E-state index contributed by atoms with van der Waals surface area (Å²) in [7, 11) is 4.12. The van der Waals surface area contributed by atoms with Crippen LogP contribution >= 0.6 is 11.6 Å². The molecular weight excluding hydrogens is 436 g/mol. The molecule has 2 aliphatic rings. The molecule has 0 aliphatic heterocycles. The van der Waals surface area contributed by atoms with Gasteiger partial charge >= 0.3 is 6.03 Å². The number of rotatable bonds is 7. The van der Waals surface area contributed by atoms with E-state index in [0.717, 1.165) is 55.9 Å². The molecule has 2 aromatic rings. The quantitative estimate of drug-likeness (QED) is 0.553. The summed E-state index contributed by atoms with van der Waals surface area (Å²) in [6.07, 6.45) is 8.83. The molecule has 0 spiro atoms. The van der Waals surface area contributed by atoms with E-state index in [1.54, 1.807) is 0 Å². The van der Waals surface area contributed by atoms with Crippen molar-refractivity contribution in [3.63, 3.8) is 0 Å². The molecule has 7 nitrogen and oxygen atoms in total. The lowest BCUT2D eigenvalue weighted by atomic mass is 9.86. The summed E-state index contributed by atoms with van der Waals surface area (Å²) in [5, 5.41) is 10.2. The Morgan fingerprint density at radius 1 is 1.06 bits per heavy atom. The molecule has 0 unspecified atom stereocenters. The zero-order valence-electron chi connectivity index (χ0n) is 19.7. The molecule has 4 rings (SSSR count). The highest BCUT2D eigenvalue weighted by Gasteiger charge is 2.24. The number of benzene rings is 1. The third kappa shape index (κ3) is 6.28. The van der Waals surface area contributed by atoms with E-state index in [0.29, 0.717) is 30.1 Å². The molecule has 8 heteroatoms. The minimum Gasteiger partial charge on any atom is -0.362 e. The van der Waals surface area contributed by atoms with Crippen molar-refractivity contribution in [2.45, 2.75) is 64.0 Å². The fourth-order valence-corrected chi connectivity index (χ4v) is 5.02. The molecule has 1 fully saturated rings. The fraction of sp³-hybridized carbons (Fsp3) is 0.560. The van der Waals surface area contributed by atoms with Crippen molar-refractivity contribution < 1.29 is 4.79 Å². The van der Waals surface area contributed by atoms with E-state index in [4.69, 9.17) is 21.6 Å². The van der Waals surface area contributed by atoms with Crippen LogP contribution in [-0.2, 0) is 19.4 Å². The van der Waals surface area contributed by atoms with Crippen LogP contribution in [0.15, 0.2) is 24.3 Å². The molecular formula is C25H35ClN6O. The van der Waals surface area contributed by atoms with E-state index < -0.39 is 0 Å². The van der Waals surface area contributed by atoms with Gasteiger partial charge in [0.25, 0.3) is 0 Å². The maximum absolute atomic E-state index is 12.2. The van der Waals surface area contributed by atoms with Crippen LogP contribution in [0, 0.1) is 5.92 Å². The number of carbonyl (C=O) groups is 1. The summed E-state index contributed by atoms with van der Waals surface area (Å²) in [5.41, 5.74) is 3.45. The lowest BCUT2D eigenvalue weighted by Crippen LogP contribution is -2.39. The first-order valence-electron chi connectivity index (χ1n) is 12.1. The topological polar surface area (TPSA) is 82.2 Å². The molecule has 1 aromatic heterocycles. The van der Waals surface area contributed by atoms with Crippen molar-refractivity contribution in [1.82, 2.24) is 20.6 Å². The Morgan fingerprint density at radius 3 is 2.58 bits per heavy atom. The third-order valence-electron chi connectivity index (χ3n) is 6.71. The van der Waals surface area contributed by atoms with Gasteiger partial charge in [0, 0.05) is 43.8 Å². The normalized spacial score (nSPS) is 20.0. The summed E-state index contributed by atoms with van der Waals surface area (Å²) in [6.45, 7) is 1.12. The Morgan fingerprint density at radius 2 is 1.82 bits per heavy atom. The molecule has 0 bridgehead atoms. The molecule has 33 heavy (non-hydrogen) atoms. The number of hydrogen-bond acceptors (Lipinski definition) is 5. The second kappa shape index (κ2) is 11.1. The Kier molecular flexibility index (Phi) is 7.91. The summed E-state index contributed by atoms with van der Waals surface area (Å²) in [5.74, 6) is 2.32. The fourth-order valence-electron chi connectivity index (χ4n) is 4.82. The summed E-state index contributed by atoms with van der Waals surface area (Å²) >= 11 is 6.15. The van der Waals surface area contributed by atoms with E-state index >= 15 is 0 Å². The number of urea groups is 1. The first-order valence-corrected chi connectivity index (χ1v) is 12.5. The molecule has 3 N–H and O–H groups in total. The minimum absolute atomic E-state index is 0.145. The van der Waals surface area contributed by atoms with Gasteiger partial charge in [0.2, 0.25) is 5.95 Å². The highest BCUT2D eigenvalue weighted by molar-refractivity contribution is 6.31. The van der Waals surface area contributed by atoms with Crippen molar-refractivity contribution >= 4 is 29.4 Å². The number of fused-ring (bicyclic) bond motifs is 1. The molecule has 1 aromatic carbocycles. The van der Waals surface area contributed by atoms with Gasteiger partial charge in [-0.05, 0) is 68.9 Å². The van der Waals surface area contributed by atoms with Gasteiger partial charge in [0.05, 0.1) is 5.69 Å². The lowest BCUT2D eigenvalue weighted by molar-refractivity contribution is 0.235. The van der Waals surface area contributed by atoms with Crippen molar-refractivity contribution in [3.8, 4) is 0 Å². The van der Waals surface area contributed by atoms with Gasteiger partial charge in [-0.15, -0.1) is 0 Å². The van der Waals surface area contributed by atoms with E-state index in [9.17, 15) is 4.79 Å². The Hall–Kier alpha value is -2.54. The van der Waals surface area contributed by atoms with Crippen LogP contribution in [0.5, 0.6) is 0 Å². The van der Waals surface area contributed by atoms with E-state index in [2.05, 4.69) is 34.9 Å². The number of amides is 2. The molecule has 0 atom stereocenters. The number of aryl methyl sites for hydroxylation is 1. The largest absolute Gasteiger partial charge is 0.362 e. The zero-order chi connectivity index (χ0) is 23.2. The summed E-state index contributed by atoms with van der Waals surface area (Å²) in [4.78, 5) is 24.0. The van der Waals surface area contributed by atoms with Crippen molar-refractivity contribution in [1.29, 1.82) is 0 Å². The van der Waals surface area contributed by atoms with Gasteiger partial charge in [0.1, 0.15) is 5.82 Å². The van der Waals surface area contributed by atoms with Crippen LogP contribution in [0.1, 0.15) is 55.3 Å². The maximum atomic E-state index is 12.2. The number of carbonyl (C=O) groups excluding carboxylic acids is 1. The van der Waals surface area contributed by atoms with Gasteiger partial charge < -0.3 is 20.9 Å². The molecule has 1 saturated carbocycles. The minimum atomic E-state index is -0.145. The number of halogens is 1. The number of aromatic nitrogens is 2. The Balaban J connectivity index is 1.22. The molecule has 2 aliphatic carbocycles. The first-order chi connectivity index (χ1) is 16.0. The first kappa shape index (κ1) is 23.6. The standard InChI is InChI=1S/C25H35ClN6O/c1-32(2)23-20-8-4-6-10-22(20)30-24(31-23)29-19-13-11-17(12-14-19)15-27-25(33)28-16-18-7-3-5-9-21(18)26/h3,5,7,9,17,19H,4,6,8,10-16H2,1-2H3,(H2,27,28,33)(H,29,30,31)/t17-,19+. The van der Waals surface area contributed by atoms with E-state index in [1.165, 1.54) is 24.1 Å². The van der Waals surface area contributed by atoms with Crippen molar-refractivity contribution in [2.24, 2.45) is 5.92 Å². The third-order valence-corrected chi connectivity index (χ3v) is 7.08. The molecule has 2 amide bonds. The van der Waals surface area contributed by atoms with Gasteiger partial charge in [0.15, 0.2) is 0 Å². The predicted molar refractivity (Wildman–Crippen MR) is 134 cm³/mol. The SMILES string of the molecule is CN(C)c1nc(N[C@H]2CC[C@@H](CNC(=O)NCc3ccccc3Cl)CC2)nc2c1CCCC2. The van der Waals surface area contributed by atoms with Crippen LogP contribution in [-0.4, -0.2) is 42.7 Å². The van der Waals surface area contributed by atoms with Gasteiger partial charge in [-0.1, -0.05) is 29.8 Å². The predicted octanol–water partition coefficient (Wildman–Crippen LogP) is 4.54. The van der Waals surface area contributed by atoms with Crippen LogP contribution < -0.4 is 20.9 Å². The summed E-state index contributed by atoms with van der Waals surface area (Å²) < 4.78 is 0. The number of anilines is 2. The monoisotopic (exact) mass is 470 g/mol. The highest BCUT2D eigenvalue weighted by Crippen LogP contribution is 2.30. The summed E-state index contributed by atoms with van der Waals surface area (Å²) in [6, 6.07) is 7.80. The highest BCUT2D eigenvalue weighted by atomic mass is 35.5. The van der Waals surface area contributed by atoms with Crippen LogP contribution in [0.3, 0.4) is 0 Å². The average Bonchev–Trinajstić information content (AvgIpc) is 2.82. The second-order valence-electron chi connectivity index (χ2n) is 9.41. The molecule has 178 valence electrons. The smallest absolute Gasteiger partial charge is 0.315 e. The molecule has 0 radical (unpaired) electrons. The van der Waals surface area contributed by atoms with Crippen LogP contribution in [0.4, 0.5) is 16.6 Å². The van der Waals surface area contributed by atoms with Gasteiger partial charge in [-0.25, -0.2) is 9.78 Å². The number of nitrogens with zero attached hydrogens (tertiary/aromatic N) is 3. The van der Waals surface area contributed by atoms with Gasteiger partial charge in [-0.2, -0.15) is 4.98 Å². The van der Waals surface area contributed by atoms with Crippen LogP contribution in [0.25, 0.3) is 0 Å². The van der Waals surface area contributed by atoms with Crippen molar-refractivity contribution in [3.05, 3.63) is 46.1 Å². The Labute approximate surface area is 201 Å². The number of nitrogens with one attached hydrogen (secondary N) is 3. The van der Waals surface area contributed by atoms with E-state index in [1.807, 2.05) is 24.3 Å². The van der Waals surface area contributed by atoms with Gasteiger partial charge in [-0.3, -0.25) is 0 Å². The average molecular weight is 471 g/mol. The lowest BCUT2D eigenvalue weighted by Gasteiger charge is -2.30.